The molecule has 0 aliphatic heterocycles. The molecule has 0 unspecified atom stereocenters. The van der Waals surface area contributed by atoms with E-state index in [9.17, 15) is 19.7 Å². The number of benzene rings is 1. The quantitative estimate of drug-likeness (QED) is 0.647. The zero-order chi connectivity index (χ0) is 15.3. The van der Waals surface area contributed by atoms with Crippen molar-refractivity contribution in [1.82, 2.24) is 10.2 Å². The second-order valence-electron chi connectivity index (χ2n) is 4.66. The topological polar surface area (TPSA) is 92.6 Å². The van der Waals surface area contributed by atoms with Crippen LogP contribution in [0.3, 0.4) is 0 Å². The van der Waals surface area contributed by atoms with Gasteiger partial charge in [-0.1, -0.05) is 12.1 Å². The summed E-state index contributed by atoms with van der Waals surface area (Å²) in [6.45, 7) is 3.46. The third kappa shape index (κ3) is 4.04. The number of nitro groups is 1. The van der Waals surface area contributed by atoms with Crippen molar-refractivity contribution >= 4 is 17.5 Å². The van der Waals surface area contributed by atoms with Gasteiger partial charge in [-0.3, -0.25) is 19.7 Å². The summed E-state index contributed by atoms with van der Waals surface area (Å²) in [6, 6.07) is 5.63. The van der Waals surface area contributed by atoms with E-state index in [4.69, 9.17) is 0 Å². The number of hydrogen-bond acceptors (Lipinski definition) is 4. The molecular weight excluding hydrogens is 262 g/mol. The van der Waals surface area contributed by atoms with Crippen LogP contribution in [0.2, 0.25) is 0 Å². The van der Waals surface area contributed by atoms with Gasteiger partial charge in [-0.25, -0.2) is 0 Å². The van der Waals surface area contributed by atoms with Gasteiger partial charge < -0.3 is 10.2 Å². The number of nitrogens with one attached hydrogen (secondary N) is 1. The summed E-state index contributed by atoms with van der Waals surface area (Å²) >= 11 is 0. The number of carbonyl (C=O) groups excluding carboxylic acids is 2. The number of likely N-dealkylation sites (N-methyl/N-ethyl adjacent to an activating group) is 1. The van der Waals surface area contributed by atoms with Crippen LogP contribution in [-0.2, 0) is 4.79 Å². The number of rotatable bonds is 5. The van der Waals surface area contributed by atoms with Crippen molar-refractivity contribution in [3.05, 3.63) is 39.9 Å². The Bertz CT molecular complexity index is 528. The highest BCUT2D eigenvalue weighted by Crippen LogP contribution is 2.18. The smallest absolute Gasteiger partial charge is 0.282 e. The molecule has 1 aromatic rings. The molecule has 20 heavy (non-hydrogen) atoms. The van der Waals surface area contributed by atoms with Crippen LogP contribution in [0.15, 0.2) is 24.3 Å². The molecule has 0 aliphatic rings. The van der Waals surface area contributed by atoms with E-state index in [1.165, 1.54) is 25.2 Å². The Kier molecular flexibility index (Phi) is 5.19. The Morgan fingerprint density at radius 1 is 1.35 bits per heavy atom. The van der Waals surface area contributed by atoms with Crippen LogP contribution in [0.25, 0.3) is 0 Å². The van der Waals surface area contributed by atoms with Crippen molar-refractivity contribution in [2.75, 3.05) is 13.6 Å². The van der Waals surface area contributed by atoms with Gasteiger partial charge in [0, 0.05) is 19.2 Å². The van der Waals surface area contributed by atoms with E-state index in [0.717, 1.165) is 4.90 Å². The van der Waals surface area contributed by atoms with Gasteiger partial charge in [-0.2, -0.15) is 0 Å². The molecule has 0 saturated carbocycles. The predicted molar refractivity (Wildman–Crippen MR) is 73.3 cm³/mol. The highest BCUT2D eigenvalue weighted by Gasteiger charge is 2.23. The van der Waals surface area contributed by atoms with Crippen LogP contribution in [0.5, 0.6) is 0 Å². The molecule has 0 aliphatic carbocycles. The van der Waals surface area contributed by atoms with Crippen molar-refractivity contribution in [2.24, 2.45) is 0 Å². The second kappa shape index (κ2) is 6.65. The number of amides is 2. The second-order valence-corrected chi connectivity index (χ2v) is 4.66. The standard InChI is InChI=1S/C13H17N3O4/c1-9(2)14-12(17)8-15(3)13(18)10-6-4-5-7-11(10)16(19)20/h4-7,9H,8H2,1-3H3,(H,14,17). The number of hydrogen-bond donors (Lipinski definition) is 1. The van der Waals surface area contributed by atoms with E-state index in [-0.39, 0.29) is 29.7 Å². The zero-order valence-corrected chi connectivity index (χ0v) is 11.6. The van der Waals surface area contributed by atoms with Gasteiger partial charge in [-0.05, 0) is 19.9 Å². The molecule has 0 atom stereocenters. The fourth-order valence-electron chi connectivity index (χ4n) is 1.67. The molecule has 7 nitrogen and oxygen atoms in total. The summed E-state index contributed by atoms with van der Waals surface area (Å²) < 4.78 is 0. The van der Waals surface area contributed by atoms with Crippen LogP contribution in [0.4, 0.5) is 5.69 Å². The maximum absolute atomic E-state index is 12.1. The van der Waals surface area contributed by atoms with Gasteiger partial charge in [0.05, 0.1) is 11.5 Å². The Hall–Kier alpha value is -2.44. The molecule has 0 heterocycles. The average molecular weight is 279 g/mol. The normalized spacial score (nSPS) is 10.2. The average Bonchev–Trinajstić information content (AvgIpc) is 2.36. The third-order valence-electron chi connectivity index (χ3n) is 2.51. The monoisotopic (exact) mass is 279 g/mol. The molecule has 0 fully saturated rings. The largest absolute Gasteiger partial charge is 0.352 e. The lowest BCUT2D eigenvalue weighted by Gasteiger charge is -2.17. The van der Waals surface area contributed by atoms with Crippen molar-refractivity contribution in [2.45, 2.75) is 19.9 Å². The first-order valence-electron chi connectivity index (χ1n) is 6.11. The first-order valence-corrected chi connectivity index (χ1v) is 6.11. The maximum Gasteiger partial charge on any atom is 0.282 e. The first-order chi connectivity index (χ1) is 9.32. The molecule has 108 valence electrons. The summed E-state index contributed by atoms with van der Waals surface area (Å²) in [7, 11) is 1.43. The van der Waals surface area contributed by atoms with Gasteiger partial charge in [0.1, 0.15) is 5.56 Å². The zero-order valence-electron chi connectivity index (χ0n) is 11.6. The molecule has 1 rings (SSSR count). The minimum Gasteiger partial charge on any atom is -0.352 e. The van der Waals surface area contributed by atoms with Crippen molar-refractivity contribution in [3.8, 4) is 0 Å². The number of para-hydroxylation sites is 1. The van der Waals surface area contributed by atoms with Gasteiger partial charge in [0.15, 0.2) is 0 Å². The lowest BCUT2D eigenvalue weighted by molar-refractivity contribution is -0.385. The molecule has 2 amide bonds. The molecule has 1 N–H and O–H groups in total. The van der Waals surface area contributed by atoms with E-state index >= 15 is 0 Å². The predicted octanol–water partition coefficient (Wildman–Crippen LogP) is 1.19. The molecule has 0 bridgehead atoms. The van der Waals surface area contributed by atoms with Crippen molar-refractivity contribution in [3.63, 3.8) is 0 Å². The fraction of sp³-hybridized carbons (Fsp3) is 0.385. The van der Waals surface area contributed by atoms with E-state index in [0.29, 0.717) is 0 Å². The first kappa shape index (κ1) is 15.6. The Morgan fingerprint density at radius 3 is 2.50 bits per heavy atom. The summed E-state index contributed by atoms with van der Waals surface area (Å²) in [5.41, 5.74) is -0.300. The third-order valence-corrected chi connectivity index (χ3v) is 2.51. The molecule has 0 radical (unpaired) electrons. The van der Waals surface area contributed by atoms with Crippen LogP contribution in [-0.4, -0.2) is 41.3 Å². The maximum atomic E-state index is 12.1. The molecule has 0 spiro atoms. The molecule has 0 saturated heterocycles. The van der Waals surface area contributed by atoms with Crippen molar-refractivity contribution < 1.29 is 14.5 Å². The summed E-state index contributed by atoms with van der Waals surface area (Å²) in [4.78, 5) is 35.1. The molecule has 0 aromatic heterocycles. The summed E-state index contributed by atoms with van der Waals surface area (Å²) in [5.74, 6) is -0.870. The van der Waals surface area contributed by atoms with E-state index in [1.54, 1.807) is 6.07 Å². The van der Waals surface area contributed by atoms with Gasteiger partial charge >= 0.3 is 0 Å². The van der Waals surface area contributed by atoms with E-state index in [2.05, 4.69) is 5.32 Å². The van der Waals surface area contributed by atoms with Gasteiger partial charge in [0.25, 0.3) is 11.6 Å². The number of nitro benzene ring substituents is 1. The van der Waals surface area contributed by atoms with E-state index < -0.39 is 10.8 Å². The lowest BCUT2D eigenvalue weighted by Crippen LogP contribution is -2.41. The van der Waals surface area contributed by atoms with Gasteiger partial charge in [-0.15, -0.1) is 0 Å². The van der Waals surface area contributed by atoms with Crippen LogP contribution in [0.1, 0.15) is 24.2 Å². The molecular formula is C13H17N3O4. The SMILES string of the molecule is CC(C)NC(=O)CN(C)C(=O)c1ccccc1[N+](=O)[O-]. The summed E-state index contributed by atoms with van der Waals surface area (Å²) in [6.07, 6.45) is 0. The highest BCUT2D eigenvalue weighted by molar-refractivity contribution is 5.99. The highest BCUT2D eigenvalue weighted by atomic mass is 16.6. The minimum absolute atomic E-state index is 0.0302. The van der Waals surface area contributed by atoms with Gasteiger partial charge in [0.2, 0.25) is 5.91 Å². The van der Waals surface area contributed by atoms with E-state index in [1.807, 2.05) is 13.8 Å². The Labute approximate surface area is 116 Å². The Balaban J connectivity index is 2.85. The number of nitrogens with zero attached hydrogens (tertiary/aromatic N) is 2. The lowest BCUT2D eigenvalue weighted by atomic mass is 10.1. The molecule has 1 aromatic carbocycles. The summed E-state index contributed by atoms with van der Waals surface area (Å²) in [5, 5.41) is 13.5. The van der Waals surface area contributed by atoms with Crippen molar-refractivity contribution in [1.29, 1.82) is 0 Å². The number of carbonyl (C=O) groups is 2. The van der Waals surface area contributed by atoms with Crippen LogP contribution in [0, 0.1) is 10.1 Å². The van der Waals surface area contributed by atoms with Crippen LogP contribution >= 0.6 is 0 Å². The molecule has 7 heteroatoms. The Morgan fingerprint density at radius 2 is 1.95 bits per heavy atom. The minimum atomic E-state index is -0.616. The fourth-order valence-corrected chi connectivity index (χ4v) is 1.67. The van der Waals surface area contributed by atoms with Crippen LogP contribution < -0.4 is 5.32 Å².